The maximum Gasteiger partial charge on any atom is 0.247 e. The summed E-state index contributed by atoms with van der Waals surface area (Å²) in [6.45, 7) is 85.4. The van der Waals surface area contributed by atoms with Gasteiger partial charge in [-0.2, -0.15) is 0 Å². The SMILES string of the molecule is CC(C)(C)c1cc(Cc2cc(Cc3cc(C(C)(C)C)cc(C(C)(C)C)c3)cc([Si](Cl)(c3cc(Cc4cc(C(C)(C)C)cc(C(C)(C)C)c4)cc(Cc4cc(C(C)(C)C)cc(C(C)(C)C)c4)c3)c3cc(Cc4cc(C(C)(C)C)cc(C(C)(C)C)c4)cc(Cc4cc(C(C)(C)C)cc(C(C)(C)C)c4)c3)c2)cc(C(C)(C)C)c1. The Morgan fingerprint density at radius 3 is 0.327 bits per heavy atom. The van der Waals surface area contributed by atoms with Crippen molar-refractivity contribution in [2.45, 2.75) is 353 Å². The van der Waals surface area contributed by atoms with Gasteiger partial charge in [0.2, 0.25) is 7.38 Å². The van der Waals surface area contributed by atoms with Gasteiger partial charge < -0.3 is 0 Å². The first-order valence-corrected chi connectivity index (χ1v) is 44.8. The second-order valence-corrected chi connectivity index (χ2v) is 51.1. The average Bonchev–Trinajstić information content (AvgIpc) is 0.740. The van der Waals surface area contributed by atoms with E-state index in [-0.39, 0.29) is 65.0 Å². The second-order valence-electron chi connectivity index (χ2n) is 46.3. The first kappa shape index (κ1) is 87.5. The van der Waals surface area contributed by atoms with Crippen molar-refractivity contribution in [3.8, 4) is 0 Å². The predicted molar refractivity (Wildman–Crippen MR) is 490 cm³/mol. The van der Waals surface area contributed by atoms with Crippen molar-refractivity contribution in [2.24, 2.45) is 0 Å². The van der Waals surface area contributed by atoms with Crippen LogP contribution in [0.5, 0.6) is 0 Å². The average molecular weight is 1510 g/mol. The fourth-order valence-corrected chi connectivity index (χ4v) is 19.7. The van der Waals surface area contributed by atoms with Gasteiger partial charge >= 0.3 is 0 Å². The van der Waals surface area contributed by atoms with Crippen LogP contribution in [-0.2, 0) is 104 Å². The molecule has 0 aliphatic rings. The molecule has 9 aromatic carbocycles. The number of halogens is 1. The van der Waals surface area contributed by atoms with Crippen molar-refractivity contribution >= 4 is 34.0 Å². The molecule has 0 unspecified atom stereocenters. The molecule has 0 saturated carbocycles. The summed E-state index contributed by atoms with van der Waals surface area (Å²) in [6, 6.07) is 68.3. The summed E-state index contributed by atoms with van der Waals surface area (Å²) in [7, 11) is -3.79. The van der Waals surface area contributed by atoms with E-state index in [1.165, 1.54) is 149 Å². The Bertz CT molecular complexity index is 3840. The lowest BCUT2D eigenvalue weighted by molar-refractivity contribution is 0.566. The van der Waals surface area contributed by atoms with E-state index < -0.39 is 7.38 Å². The van der Waals surface area contributed by atoms with Gasteiger partial charge in [0.1, 0.15) is 0 Å². The molecule has 0 aliphatic heterocycles. The summed E-state index contributed by atoms with van der Waals surface area (Å²) in [5, 5.41) is 3.69. The summed E-state index contributed by atoms with van der Waals surface area (Å²) in [5.74, 6) is 0. The van der Waals surface area contributed by atoms with Crippen molar-refractivity contribution in [3.05, 3.63) is 297 Å². The first-order valence-electron chi connectivity index (χ1n) is 41.8. The lowest BCUT2D eigenvalue weighted by Crippen LogP contribution is -2.63. The fraction of sp³-hybridized carbons (Fsp3) is 0.500. The molecule has 0 heterocycles. The molecule has 0 aliphatic carbocycles. The zero-order valence-corrected chi connectivity index (χ0v) is 78.0. The molecule has 9 rings (SSSR count). The van der Waals surface area contributed by atoms with Gasteiger partial charge in [-0.1, -0.05) is 413 Å². The Balaban J connectivity index is 1.49. The molecular formula is C108H147ClSi. The normalized spacial score (nSPS) is 13.7. The van der Waals surface area contributed by atoms with Crippen LogP contribution in [0.25, 0.3) is 0 Å². The van der Waals surface area contributed by atoms with Crippen LogP contribution in [0.3, 0.4) is 0 Å². The molecule has 9 aromatic rings. The zero-order chi connectivity index (χ0) is 82.4. The maximum absolute atomic E-state index is 9.92. The lowest BCUT2D eigenvalue weighted by atomic mass is 9.78. The summed E-state index contributed by atoms with van der Waals surface area (Å²) < 4.78 is 0. The van der Waals surface area contributed by atoms with Gasteiger partial charge in [0, 0.05) is 0 Å². The fourth-order valence-electron chi connectivity index (χ4n) is 15.4. The molecule has 2 heteroatoms. The van der Waals surface area contributed by atoms with Crippen LogP contribution >= 0.6 is 11.1 Å². The smallest absolute Gasteiger partial charge is 0.149 e. The first-order chi connectivity index (χ1) is 49.8. The highest BCUT2D eigenvalue weighted by Gasteiger charge is 2.41. The molecule has 590 valence electrons. The van der Waals surface area contributed by atoms with Crippen LogP contribution in [0.4, 0.5) is 0 Å². The molecule has 0 radical (unpaired) electrons. The molecule has 110 heavy (non-hydrogen) atoms. The van der Waals surface area contributed by atoms with Gasteiger partial charge in [0.15, 0.2) is 0 Å². The number of rotatable bonds is 15. The zero-order valence-electron chi connectivity index (χ0n) is 76.2. The minimum absolute atomic E-state index is 0.0506. The van der Waals surface area contributed by atoms with E-state index in [2.05, 4.69) is 413 Å². The Kier molecular flexibility index (Phi) is 24.4. The summed E-state index contributed by atoms with van der Waals surface area (Å²) >= 11 is 9.92. The monoisotopic (exact) mass is 1510 g/mol. The molecule has 0 fully saturated rings. The van der Waals surface area contributed by atoms with E-state index in [1.807, 2.05) is 0 Å². The highest BCUT2D eigenvalue weighted by Crippen LogP contribution is 2.40. The van der Waals surface area contributed by atoms with Crippen LogP contribution in [0.2, 0.25) is 0 Å². The number of hydrogen-bond donors (Lipinski definition) is 0. The van der Waals surface area contributed by atoms with E-state index in [1.54, 1.807) is 0 Å². The van der Waals surface area contributed by atoms with Crippen LogP contribution in [0.15, 0.2) is 164 Å². The van der Waals surface area contributed by atoms with Crippen molar-refractivity contribution < 1.29 is 0 Å². The van der Waals surface area contributed by atoms with Crippen molar-refractivity contribution in [3.63, 3.8) is 0 Å². The molecule has 0 saturated heterocycles. The van der Waals surface area contributed by atoms with E-state index in [0.717, 1.165) is 38.5 Å². The van der Waals surface area contributed by atoms with E-state index in [0.29, 0.717) is 0 Å². The molecule has 0 spiro atoms. The molecule has 0 bridgehead atoms. The van der Waals surface area contributed by atoms with E-state index in [9.17, 15) is 11.1 Å². The van der Waals surface area contributed by atoms with E-state index in [4.69, 9.17) is 0 Å². The highest BCUT2D eigenvalue weighted by atomic mass is 35.6. The van der Waals surface area contributed by atoms with Gasteiger partial charge in [0.05, 0.1) is 0 Å². The maximum atomic E-state index is 9.92. The molecule has 0 atom stereocenters. The van der Waals surface area contributed by atoms with Crippen molar-refractivity contribution in [1.82, 2.24) is 0 Å². The van der Waals surface area contributed by atoms with Gasteiger partial charge in [-0.3, -0.25) is 0 Å². The lowest BCUT2D eigenvalue weighted by Gasteiger charge is -2.31. The predicted octanol–water partition coefficient (Wildman–Crippen LogP) is 28.0. The van der Waals surface area contributed by atoms with Crippen LogP contribution < -0.4 is 15.6 Å². The van der Waals surface area contributed by atoms with E-state index >= 15 is 0 Å². The molecule has 0 aromatic heterocycles. The summed E-state index contributed by atoms with van der Waals surface area (Å²) in [5.41, 5.74) is 31.6. The Hall–Kier alpha value is -6.51. The third-order valence-corrected chi connectivity index (χ3v) is 28.4. The van der Waals surface area contributed by atoms with Gasteiger partial charge in [-0.05, 0) is 253 Å². The van der Waals surface area contributed by atoms with Crippen LogP contribution in [0.1, 0.15) is 383 Å². The summed E-state index contributed by atoms with van der Waals surface area (Å²) in [4.78, 5) is 0. The largest absolute Gasteiger partial charge is 0.247 e. The van der Waals surface area contributed by atoms with Gasteiger partial charge in [-0.15, -0.1) is 11.1 Å². The topological polar surface area (TPSA) is 0 Å². The molecular weight excluding hydrogens is 1360 g/mol. The van der Waals surface area contributed by atoms with Gasteiger partial charge in [0.25, 0.3) is 0 Å². The third kappa shape index (κ3) is 22.1. The van der Waals surface area contributed by atoms with Crippen LogP contribution in [0, 0.1) is 0 Å². The molecule has 0 nitrogen and oxygen atoms in total. The Morgan fingerprint density at radius 1 is 0.145 bits per heavy atom. The Morgan fingerprint density at radius 2 is 0.236 bits per heavy atom. The summed E-state index contributed by atoms with van der Waals surface area (Å²) in [6.07, 6.45) is 4.60. The molecule has 0 N–H and O–H groups in total. The van der Waals surface area contributed by atoms with Gasteiger partial charge in [-0.25, -0.2) is 0 Å². The minimum Gasteiger partial charge on any atom is -0.149 e. The van der Waals surface area contributed by atoms with Crippen molar-refractivity contribution in [2.75, 3.05) is 0 Å². The van der Waals surface area contributed by atoms with Crippen LogP contribution in [-0.4, -0.2) is 7.38 Å². The Labute approximate surface area is 679 Å². The standard InChI is InChI=1S/C108H147ClSi/c1-97(2,3)82-46-76(47-83(64-82)98(4,5)6)40-70-37-71(41-77-48-84(99(7,8)9)65-85(49-77)100(10,11)12)59-94(58-70)110(109,95-60-72(42-78-50-86(101(13,14)15)66-87(51-78)102(16,17)18)38-73(61-95)43-79-52-88(103(19,20)21)67-89(53-79)104(22,23)24)96-62-74(44-80-54-90(105(25,26)27)68-91(55-80)106(28,29)30)39-75(63-96)45-81-56-92(107(31,32)33)69-93(57-81)108(34,35)36/h37-39,46-69H,40-45H2,1-36H3. The third-order valence-electron chi connectivity index (χ3n) is 23.1. The minimum atomic E-state index is -3.79. The number of benzene rings is 9. The second kappa shape index (κ2) is 30.7. The van der Waals surface area contributed by atoms with Crippen molar-refractivity contribution in [1.29, 1.82) is 0 Å². The quantitative estimate of drug-likeness (QED) is 0.0545. The molecule has 0 amide bonds. The number of hydrogen-bond acceptors (Lipinski definition) is 0. The highest BCUT2D eigenvalue weighted by molar-refractivity contribution is 7.40.